The summed E-state index contributed by atoms with van der Waals surface area (Å²) in [4.78, 5) is 20.4. The van der Waals surface area contributed by atoms with Crippen molar-refractivity contribution in [2.24, 2.45) is 0 Å². The van der Waals surface area contributed by atoms with Gasteiger partial charge < -0.3 is 5.32 Å². The number of aromatic nitrogens is 3. The largest absolute Gasteiger partial charge is 0.373 e. The predicted octanol–water partition coefficient (Wildman–Crippen LogP) is 1.64. The molecule has 0 aliphatic heterocycles. The van der Waals surface area contributed by atoms with Crippen LogP contribution in [-0.4, -0.2) is 21.6 Å². The lowest BCUT2D eigenvalue weighted by atomic mass is 10.2. The Hall–Kier alpha value is -1.44. The van der Waals surface area contributed by atoms with E-state index in [2.05, 4.69) is 15.3 Å². The molecule has 2 rings (SSSR count). The van der Waals surface area contributed by atoms with Crippen molar-refractivity contribution in [1.29, 1.82) is 0 Å². The molecule has 0 spiro atoms. The second-order valence-corrected chi connectivity index (χ2v) is 5.01. The number of hydrogen-bond acceptors (Lipinski definition) is 4. The molecule has 0 saturated carbocycles. The summed E-state index contributed by atoms with van der Waals surface area (Å²) in [5.74, 6) is 1.52. The molecule has 0 amide bonds. The molecular weight excluding hydrogens is 343 g/mol. The lowest BCUT2D eigenvalue weighted by molar-refractivity contribution is 0.693. The summed E-state index contributed by atoms with van der Waals surface area (Å²) < 4.78 is 2.27. The third-order valence-electron chi connectivity index (χ3n) is 2.63. The SMILES string of the molecule is CNc1ccc(Cn2c(C)ncc(I)c2=O)cn1. The first-order valence-electron chi connectivity index (χ1n) is 5.46. The van der Waals surface area contributed by atoms with Gasteiger partial charge in [0.25, 0.3) is 5.56 Å². The van der Waals surface area contributed by atoms with Gasteiger partial charge in [-0.25, -0.2) is 9.97 Å². The summed E-state index contributed by atoms with van der Waals surface area (Å²) in [6.07, 6.45) is 3.36. The van der Waals surface area contributed by atoms with E-state index in [0.717, 1.165) is 11.4 Å². The molecule has 0 aromatic carbocycles. The summed E-state index contributed by atoms with van der Waals surface area (Å²) >= 11 is 2.00. The Balaban J connectivity index is 2.33. The van der Waals surface area contributed by atoms with Crippen LogP contribution in [0.4, 0.5) is 5.82 Å². The molecule has 18 heavy (non-hydrogen) atoms. The van der Waals surface area contributed by atoms with Gasteiger partial charge in [-0.05, 0) is 41.1 Å². The Morgan fingerprint density at radius 3 is 2.72 bits per heavy atom. The number of rotatable bonds is 3. The molecule has 0 aliphatic rings. The van der Waals surface area contributed by atoms with Crippen molar-refractivity contribution in [2.45, 2.75) is 13.5 Å². The number of anilines is 1. The molecule has 0 saturated heterocycles. The van der Waals surface area contributed by atoms with E-state index in [1.807, 2.05) is 48.7 Å². The minimum absolute atomic E-state index is 0.0132. The molecule has 2 aromatic rings. The molecule has 2 heterocycles. The highest BCUT2D eigenvalue weighted by Gasteiger charge is 2.06. The lowest BCUT2D eigenvalue weighted by Crippen LogP contribution is -2.26. The fourth-order valence-corrected chi connectivity index (χ4v) is 2.02. The number of aryl methyl sites for hydroxylation is 1. The van der Waals surface area contributed by atoms with Gasteiger partial charge in [-0.1, -0.05) is 6.07 Å². The van der Waals surface area contributed by atoms with Gasteiger partial charge in [0, 0.05) is 19.4 Å². The molecule has 5 nitrogen and oxygen atoms in total. The number of nitrogens with zero attached hydrogens (tertiary/aromatic N) is 3. The van der Waals surface area contributed by atoms with Crippen LogP contribution in [-0.2, 0) is 6.54 Å². The van der Waals surface area contributed by atoms with Crippen molar-refractivity contribution >= 4 is 28.4 Å². The van der Waals surface area contributed by atoms with Gasteiger partial charge in [-0.3, -0.25) is 9.36 Å². The molecule has 0 unspecified atom stereocenters. The van der Waals surface area contributed by atoms with Crippen molar-refractivity contribution in [2.75, 3.05) is 12.4 Å². The van der Waals surface area contributed by atoms with Crippen LogP contribution in [0.25, 0.3) is 0 Å². The summed E-state index contributed by atoms with van der Waals surface area (Å²) in [5.41, 5.74) is 0.962. The van der Waals surface area contributed by atoms with E-state index < -0.39 is 0 Å². The summed E-state index contributed by atoms with van der Waals surface area (Å²) in [7, 11) is 1.82. The third-order valence-corrected chi connectivity index (χ3v) is 3.37. The standard InChI is InChI=1S/C12H13IN4O/c1-8-15-6-10(13)12(18)17(8)7-9-3-4-11(14-2)16-5-9/h3-6H,7H2,1-2H3,(H,14,16). The molecule has 94 valence electrons. The van der Waals surface area contributed by atoms with Gasteiger partial charge in [-0.15, -0.1) is 0 Å². The van der Waals surface area contributed by atoms with E-state index >= 15 is 0 Å². The highest BCUT2D eigenvalue weighted by atomic mass is 127. The van der Waals surface area contributed by atoms with Crippen LogP contribution in [0.3, 0.4) is 0 Å². The molecule has 0 radical (unpaired) electrons. The first-order valence-corrected chi connectivity index (χ1v) is 6.54. The van der Waals surface area contributed by atoms with Gasteiger partial charge in [0.1, 0.15) is 11.6 Å². The minimum atomic E-state index is -0.0132. The molecule has 0 aliphatic carbocycles. The summed E-state index contributed by atoms with van der Waals surface area (Å²) in [6.45, 7) is 2.32. The fourth-order valence-electron chi connectivity index (χ4n) is 1.59. The average molecular weight is 356 g/mol. The maximum atomic E-state index is 12.0. The molecule has 0 fully saturated rings. The second-order valence-electron chi connectivity index (χ2n) is 3.85. The maximum absolute atomic E-state index is 12.0. The van der Waals surface area contributed by atoms with Crippen molar-refractivity contribution in [1.82, 2.24) is 14.5 Å². The van der Waals surface area contributed by atoms with Crippen LogP contribution in [0.2, 0.25) is 0 Å². The van der Waals surface area contributed by atoms with E-state index in [9.17, 15) is 4.79 Å². The van der Waals surface area contributed by atoms with E-state index in [1.54, 1.807) is 17.0 Å². The summed E-state index contributed by atoms with van der Waals surface area (Å²) in [6, 6.07) is 3.83. The Bertz CT molecular complexity index is 606. The predicted molar refractivity (Wildman–Crippen MR) is 78.8 cm³/mol. The second kappa shape index (κ2) is 5.47. The zero-order valence-electron chi connectivity index (χ0n) is 10.1. The zero-order chi connectivity index (χ0) is 13.1. The highest BCUT2D eigenvalue weighted by Crippen LogP contribution is 2.06. The third kappa shape index (κ3) is 2.69. The van der Waals surface area contributed by atoms with Crippen LogP contribution in [0.15, 0.2) is 29.3 Å². The van der Waals surface area contributed by atoms with E-state index in [1.165, 1.54) is 0 Å². The average Bonchev–Trinajstić information content (AvgIpc) is 2.40. The van der Waals surface area contributed by atoms with Gasteiger partial charge in [0.05, 0.1) is 10.1 Å². The Morgan fingerprint density at radius 2 is 2.11 bits per heavy atom. The Kier molecular flexibility index (Phi) is 3.95. The van der Waals surface area contributed by atoms with Gasteiger partial charge in [0.2, 0.25) is 0 Å². The van der Waals surface area contributed by atoms with Gasteiger partial charge in [0.15, 0.2) is 0 Å². The van der Waals surface area contributed by atoms with Crippen LogP contribution in [0, 0.1) is 10.5 Å². The normalized spacial score (nSPS) is 10.4. The Labute approximate surface area is 118 Å². The highest BCUT2D eigenvalue weighted by molar-refractivity contribution is 14.1. The molecule has 0 atom stereocenters. The zero-order valence-corrected chi connectivity index (χ0v) is 12.3. The van der Waals surface area contributed by atoms with E-state index in [0.29, 0.717) is 15.9 Å². The van der Waals surface area contributed by atoms with Crippen molar-refractivity contribution in [3.63, 3.8) is 0 Å². The van der Waals surface area contributed by atoms with E-state index in [4.69, 9.17) is 0 Å². The number of nitrogens with one attached hydrogen (secondary N) is 1. The molecule has 2 aromatic heterocycles. The van der Waals surface area contributed by atoms with Crippen LogP contribution in [0.1, 0.15) is 11.4 Å². The fraction of sp³-hybridized carbons (Fsp3) is 0.250. The van der Waals surface area contributed by atoms with E-state index in [-0.39, 0.29) is 5.56 Å². The molecule has 6 heteroatoms. The minimum Gasteiger partial charge on any atom is -0.373 e. The topological polar surface area (TPSA) is 59.8 Å². The van der Waals surface area contributed by atoms with Crippen molar-refractivity contribution in [3.8, 4) is 0 Å². The van der Waals surface area contributed by atoms with Crippen LogP contribution < -0.4 is 10.9 Å². The maximum Gasteiger partial charge on any atom is 0.267 e. The number of halogens is 1. The molecule has 0 bridgehead atoms. The van der Waals surface area contributed by atoms with Crippen LogP contribution in [0.5, 0.6) is 0 Å². The smallest absolute Gasteiger partial charge is 0.267 e. The number of pyridine rings is 1. The van der Waals surface area contributed by atoms with Gasteiger partial charge >= 0.3 is 0 Å². The number of hydrogen-bond donors (Lipinski definition) is 1. The Morgan fingerprint density at radius 1 is 1.33 bits per heavy atom. The lowest BCUT2D eigenvalue weighted by Gasteiger charge is -2.09. The van der Waals surface area contributed by atoms with Crippen LogP contribution >= 0.6 is 22.6 Å². The van der Waals surface area contributed by atoms with Crippen molar-refractivity contribution < 1.29 is 0 Å². The first kappa shape index (κ1) is 13.0. The van der Waals surface area contributed by atoms with Gasteiger partial charge in [-0.2, -0.15) is 0 Å². The molecular formula is C12H13IN4O. The van der Waals surface area contributed by atoms with Crippen molar-refractivity contribution in [3.05, 3.63) is 49.8 Å². The first-order chi connectivity index (χ1) is 8.61. The monoisotopic (exact) mass is 356 g/mol. The summed E-state index contributed by atoms with van der Waals surface area (Å²) in [5, 5.41) is 2.96. The quantitative estimate of drug-likeness (QED) is 0.850. The molecule has 1 N–H and O–H groups in total.